The Morgan fingerprint density at radius 3 is 2.11 bits per heavy atom. The van der Waals surface area contributed by atoms with Gasteiger partial charge in [0.25, 0.3) is 0 Å². The topological polar surface area (TPSA) is 103 Å². The number of para-hydroxylation sites is 1. The van der Waals surface area contributed by atoms with Crippen LogP contribution < -0.4 is 15.4 Å². The number of carbonyl (C=O) groups is 2. The lowest BCUT2D eigenvalue weighted by Crippen LogP contribution is -2.53. The Bertz CT molecular complexity index is 848. The molecule has 9 nitrogen and oxygen atoms in total. The maximum absolute atomic E-state index is 13.4. The number of halogens is 3. The van der Waals surface area contributed by atoms with E-state index in [4.69, 9.17) is 9.47 Å². The molecule has 0 bridgehead atoms. The summed E-state index contributed by atoms with van der Waals surface area (Å²) in [5, 5.41) is 16.5. The maximum Gasteiger partial charge on any atom is 0.340 e. The number of nitrogens with one attached hydrogen (secondary N) is 2. The van der Waals surface area contributed by atoms with E-state index in [1.54, 1.807) is 7.11 Å². The molecule has 4 rings (SSSR count). The zero-order valence-electron chi connectivity index (χ0n) is 22.0. The van der Waals surface area contributed by atoms with E-state index >= 15 is 0 Å². The van der Waals surface area contributed by atoms with Gasteiger partial charge in [0.05, 0.1) is 13.2 Å². The van der Waals surface area contributed by atoms with Gasteiger partial charge in [-0.1, -0.05) is 18.2 Å². The van der Waals surface area contributed by atoms with E-state index in [9.17, 15) is 14.7 Å². The zero-order valence-corrected chi connectivity index (χ0v) is 24.5. The lowest BCUT2D eigenvalue weighted by Gasteiger charge is -2.43. The summed E-state index contributed by atoms with van der Waals surface area (Å²) >= 11 is 0. The van der Waals surface area contributed by atoms with Crippen LogP contribution >= 0.6 is 37.2 Å². The predicted octanol–water partition coefficient (Wildman–Crippen LogP) is 2.55. The molecule has 2 atom stereocenters. The molecule has 38 heavy (non-hydrogen) atoms. The summed E-state index contributed by atoms with van der Waals surface area (Å²) in [6.45, 7) is 7.22. The van der Waals surface area contributed by atoms with Crippen LogP contribution in [0, 0.1) is 0 Å². The van der Waals surface area contributed by atoms with Gasteiger partial charge in [-0.05, 0) is 57.9 Å². The molecule has 3 fully saturated rings. The Hall–Kier alpha value is -1.17. The van der Waals surface area contributed by atoms with Crippen LogP contribution in [0.4, 0.5) is 0 Å². The van der Waals surface area contributed by atoms with Crippen molar-refractivity contribution in [1.29, 1.82) is 0 Å². The number of hydrogen-bond acceptors (Lipinski definition) is 8. The Labute approximate surface area is 244 Å². The smallest absolute Gasteiger partial charge is 0.340 e. The van der Waals surface area contributed by atoms with Gasteiger partial charge in [0.1, 0.15) is 5.75 Å². The van der Waals surface area contributed by atoms with Gasteiger partial charge < -0.3 is 25.2 Å². The lowest BCUT2D eigenvalue weighted by atomic mass is 9.95. The molecular formula is C26H43Cl3N4O5. The molecule has 12 heteroatoms. The van der Waals surface area contributed by atoms with Crippen molar-refractivity contribution in [1.82, 2.24) is 20.4 Å². The second kappa shape index (κ2) is 17.5. The van der Waals surface area contributed by atoms with Crippen molar-refractivity contribution in [2.24, 2.45) is 0 Å². The first-order valence-electron chi connectivity index (χ1n) is 13.0. The highest BCUT2D eigenvalue weighted by Gasteiger charge is 2.36. The highest BCUT2D eigenvalue weighted by atomic mass is 35.5. The number of ketones is 1. The van der Waals surface area contributed by atoms with Gasteiger partial charge in [0.2, 0.25) is 6.10 Å². The summed E-state index contributed by atoms with van der Waals surface area (Å²) in [6.07, 6.45) is 2.20. The van der Waals surface area contributed by atoms with Gasteiger partial charge in [-0.25, -0.2) is 4.79 Å². The molecule has 0 aliphatic carbocycles. The Morgan fingerprint density at radius 1 is 0.947 bits per heavy atom. The number of methoxy groups -OCH3 is 1. The minimum atomic E-state index is -1.44. The highest BCUT2D eigenvalue weighted by molar-refractivity contribution is 6.01. The number of carboxylic acid groups (broad SMARTS) is 1. The van der Waals surface area contributed by atoms with Crippen molar-refractivity contribution >= 4 is 49.0 Å². The fourth-order valence-electron chi connectivity index (χ4n) is 5.66. The van der Waals surface area contributed by atoms with Gasteiger partial charge in [-0.2, -0.15) is 0 Å². The van der Waals surface area contributed by atoms with Crippen LogP contribution in [0.3, 0.4) is 0 Å². The SMILES string of the molecule is COc1ccccc1C(CC(=O)C(OC1CCNCC1)C(=O)O)N1CCN(C2CCNCC2)CC1.Cl.Cl.Cl. The van der Waals surface area contributed by atoms with Gasteiger partial charge in [-0.15, -0.1) is 37.2 Å². The third-order valence-corrected chi connectivity index (χ3v) is 7.64. The van der Waals surface area contributed by atoms with E-state index in [2.05, 4.69) is 20.4 Å². The van der Waals surface area contributed by atoms with Crippen LogP contribution in [0.5, 0.6) is 5.75 Å². The molecule has 218 valence electrons. The van der Waals surface area contributed by atoms with E-state index in [1.807, 2.05) is 24.3 Å². The van der Waals surface area contributed by atoms with Crippen LogP contribution in [0.1, 0.15) is 43.7 Å². The second-order valence-electron chi connectivity index (χ2n) is 9.79. The summed E-state index contributed by atoms with van der Waals surface area (Å²) in [5.74, 6) is -0.868. The maximum atomic E-state index is 13.4. The molecule has 3 N–H and O–H groups in total. The van der Waals surface area contributed by atoms with Crippen molar-refractivity contribution in [3.05, 3.63) is 29.8 Å². The van der Waals surface area contributed by atoms with Crippen molar-refractivity contribution in [3.8, 4) is 5.75 Å². The van der Waals surface area contributed by atoms with E-state index in [0.717, 1.165) is 63.7 Å². The van der Waals surface area contributed by atoms with Crippen LogP contribution in [0.2, 0.25) is 0 Å². The number of carbonyl (C=O) groups excluding carboxylic acids is 1. The normalized spacial score (nSPS) is 21.2. The van der Waals surface area contributed by atoms with Crippen LogP contribution in [-0.4, -0.2) is 104 Å². The number of nitrogens with zero attached hydrogens (tertiary/aromatic N) is 2. The molecule has 3 aliphatic heterocycles. The van der Waals surface area contributed by atoms with E-state index in [0.29, 0.717) is 18.9 Å². The number of ether oxygens (including phenoxy) is 2. The minimum Gasteiger partial charge on any atom is -0.496 e. The lowest BCUT2D eigenvalue weighted by molar-refractivity contribution is -0.162. The van der Waals surface area contributed by atoms with Gasteiger partial charge >= 0.3 is 5.97 Å². The zero-order chi connectivity index (χ0) is 24.6. The number of Topliss-reactive ketones (excluding diaryl/α,β-unsaturated/α-hetero) is 1. The van der Waals surface area contributed by atoms with Gasteiger partial charge in [0.15, 0.2) is 5.78 Å². The van der Waals surface area contributed by atoms with Crippen LogP contribution in [0.25, 0.3) is 0 Å². The summed E-state index contributed by atoms with van der Waals surface area (Å²) < 4.78 is 11.5. The third-order valence-electron chi connectivity index (χ3n) is 7.64. The molecule has 0 radical (unpaired) electrons. The molecule has 0 aromatic heterocycles. The number of rotatable bonds is 10. The van der Waals surface area contributed by atoms with E-state index in [-0.39, 0.29) is 61.6 Å². The largest absolute Gasteiger partial charge is 0.496 e. The number of benzene rings is 1. The van der Waals surface area contributed by atoms with Crippen LogP contribution in [-0.2, 0) is 14.3 Å². The fourth-order valence-corrected chi connectivity index (χ4v) is 5.66. The highest BCUT2D eigenvalue weighted by Crippen LogP contribution is 2.34. The molecule has 2 unspecified atom stereocenters. The first-order chi connectivity index (χ1) is 17.1. The summed E-state index contributed by atoms with van der Waals surface area (Å²) in [5.41, 5.74) is 0.921. The average molecular weight is 598 g/mol. The Kier molecular flexibility index (Phi) is 16.1. The molecular weight excluding hydrogens is 555 g/mol. The van der Waals surface area contributed by atoms with Gasteiger partial charge in [-0.3, -0.25) is 14.6 Å². The standard InChI is InChI=1S/C26H40N4O5.3ClH/c1-34-24-5-3-2-4-21(24)22(30-16-14-29(15-17-30)19-6-10-27-11-7-19)18-23(31)25(26(32)33)35-20-8-12-28-13-9-20;;;/h2-5,19-20,22,25,27-28H,6-18H2,1H3,(H,32,33);3*1H. The first kappa shape index (κ1) is 34.9. The summed E-state index contributed by atoms with van der Waals surface area (Å²) in [4.78, 5) is 30.3. The van der Waals surface area contributed by atoms with E-state index < -0.39 is 12.1 Å². The third kappa shape index (κ3) is 9.20. The molecule has 0 spiro atoms. The number of piperazine rings is 1. The van der Waals surface area contributed by atoms with Crippen molar-refractivity contribution < 1.29 is 24.2 Å². The molecule has 3 heterocycles. The predicted molar refractivity (Wildman–Crippen MR) is 155 cm³/mol. The van der Waals surface area contributed by atoms with Crippen molar-refractivity contribution in [3.63, 3.8) is 0 Å². The molecule has 3 aliphatic rings. The van der Waals surface area contributed by atoms with Crippen LogP contribution in [0.15, 0.2) is 24.3 Å². The number of piperidine rings is 2. The van der Waals surface area contributed by atoms with Crippen molar-refractivity contribution in [2.75, 3.05) is 59.5 Å². The number of aliphatic carboxylic acids is 1. The molecule has 0 saturated carbocycles. The van der Waals surface area contributed by atoms with E-state index in [1.165, 1.54) is 12.8 Å². The summed E-state index contributed by atoms with van der Waals surface area (Å²) in [6, 6.07) is 8.10. The molecule has 0 amide bonds. The number of hydrogen-bond donors (Lipinski definition) is 3. The summed E-state index contributed by atoms with van der Waals surface area (Å²) in [7, 11) is 1.63. The van der Waals surface area contributed by atoms with Gasteiger partial charge in [0, 0.05) is 50.2 Å². The fraction of sp³-hybridized carbons (Fsp3) is 0.692. The minimum absolute atomic E-state index is 0. The van der Waals surface area contributed by atoms with Crippen molar-refractivity contribution in [2.45, 2.75) is 56.4 Å². The first-order valence-corrected chi connectivity index (χ1v) is 13.0. The average Bonchev–Trinajstić information content (AvgIpc) is 2.91. The Morgan fingerprint density at radius 2 is 1.53 bits per heavy atom. The molecule has 1 aromatic rings. The Balaban J connectivity index is 0.00000241. The number of carboxylic acids is 1. The second-order valence-corrected chi connectivity index (χ2v) is 9.79. The molecule has 3 saturated heterocycles. The molecule has 1 aromatic carbocycles. The monoisotopic (exact) mass is 596 g/mol. The quantitative estimate of drug-likeness (QED) is 0.351.